The number of hydrogen-bond donors (Lipinski definition) is 0. The second-order valence-corrected chi connectivity index (χ2v) is 1.82. The molecule has 0 amide bonds. The Balaban J connectivity index is -0.000000163. The van der Waals surface area contributed by atoms with Gasteiger partial charge in [-0.05, 0) is 0 Å². The Morgan fingerprint density at radius 3 is 2.00 bits per heavy atom. The summed E-state index contributed by atoms with van der Waals surface area (Å²) in [5, 5.41) is 0. The van der Waals surface area contributed by atoms with Gasteiger partial charge < -0.3 is 4.79 Å². The van der Waals surface area contributed by atoms with E-state index in [2.05, 4.69) is 0 Å². The molecule has 0 aliphatic heterocycles. The summed E-state index contributed by atoms with van der Waals surface area (Å²) in [7, 11) is 0. The molecule has 0 heterocycles. The number of hydrogen-bond acceptors (Lipinski definition) is 1. The molecule has 0 spiro atoms. The third-order valence-electron chi connectivity index (χ3n) is 1.01. The SMILES string of the molecule is CC1=C[CH-]C(=O)C1.[Y].[Y].[Y]. The number of carbonyl (C=O) groups is 1. The molecular weight excluding hydrogens is 355 g/mol. The van der Waals surface area contributed by atoms with Gasteiger partial charge in [-0.2, -0.15) is 6.42 Å². The topological polar surface area (TPSA) is 17.1 Å². The van der Waals surface area contributed by atoms with Gasteiger partial charge in [0.1, 0.15) is 0 Å². The molecule has 0 N–H and O–H groups in total. The van der Waals surface area contributed by atoms with Crippen LogP contribution in [0.3, 0.4) is 0 Å². The second-order valence-electron chi connectivity index (χ2n) is 1.82. The number of Topliss-reactive ketones (excluding diaryl/α,β-unsaturated/α-hetero) is 1. The monoisotopic (exact) mass is 362 g/mol. The zero-order chi connectivity index (χ0) is 5.28. The van der Waals surface area contributed by atoms with Crippen molar-refractivity contribution < 1.29 is 103 Å². The van der Waals surface area contributed by atoms with E-state index in [1.54, 1.807) is 6.42 Å². The Kier molecular flexibility index (Phi) is 17.8. The largest absolute Gasteiger partial charge is 0.317 e. The summed E-state index contributed by atoms with van der Waals surface area (Å²) in [5.74, 6) is 0.234. The summed E-state index contributed by atoms with van der Waals surface area (Å²) >= 11 is 0. The van der Waals surface area contributed by atoms with E-state index in [1.807, 2.05) is 13.0 Å². The van der Waals surface area contributed by atoms with Crippen LogP contribution in [0.15, 0.2) is 11.6 Å². The standard InChI is InChI=1S/C6H7O.3Y/c1-5-2-3-6(7)4-5;;;/h2-3H,4H2,1H3;;;/q-1;;;. The summed E-state index contributed by atoms with van der Waals surface area (Å²) in [6.45, 7) is 1.96. The van der Waals surface area contributed by atoms with E-state index < -0.39 is 0 Å². The molecule has 0 aromatic carbocycles. The van der Waals surface area contributed by atoms with Crippen molar-refractivity contribution in [3.05, 3.63) is 18.1 Å². The molecule has 3 radical (unpaired) electrons. The third kappa shape index (κ3) is 7.25. The summed E-state index contributed by atoms with van der Waals surface area (Å²) in [5.41, 5.74) is 1.17. The van der Waals surface area contributed by atoms with Gasteiger partial charge in [0.2, 0.25) is 0 Å². The molecule has 0 bridgehead atoms. The third-order valence-corrected chi connectivity index (χ3v) is 1.01. The summed E-state index contributed by atoms with van der Waals surface area (Å²) < 4.78 is 0. The predicted molar refractivity (Wildman–Crippen MR) is 27.7 cm³/mol. The van der Waals surface area contributed by atoms with Crippen molar-refractivity contribution in [2.45, 2.75) is 13.3 Å². The van der Waals surface area contributed by atoms with E-state index in [0.717, 1.165) is 0 Å². The Bertz CT molecular complexity index is 131. The Morgan fingerprint density at radius 2 is 1.90 bits per heavy atom. The van der Waals surface area contributed by atoms with Gasteiger partial charge in [0, 0.05) is 98.1 Å². The molecule has 1 rings (SSSR count). The van der Waals surface area contributed by atoms with Crippen molar-refractivity contribution in [3.8, 4) is 0 Å². The molecule has 4 heteroatoms. The van der Waals surface area contributed by atoms with Crippen LogP contribution in [0, 0.1) is 6.42 Å². The molecular formula is C6H7OY3-. The zero-order valence-corrected chi connectivity index (χ0v) is 14.5. The minimum absolute atomic E-state index is 0. The molecule has 0 saturated heterocycles. The van der Waals surface area contributed by atoms with Crippen molar-refractivity contribution in [1.82, 2.24) is 0 Å². The van der Waals surface area contributed by atoms with Crippen molar-refractivity contribution in [2.75, 3.05) is 0 Å². The molecule has 1 aliphatic rings. The Morgan fingerprint density at radius 1 is 1.40 bits per heavy atom. The van der Waals surface area contributed by atoms with Crippen LogP contribution in [0.2, 0.25) is 0 Å². The van der Waals surface area contributed by atoms with Gasteiger partial charge in [0.25, 0.3) is 0 Å². The van der Waals surface area contributed by atoms with Crippen LogP contribution in [0.5, 0.6) is 0 Å². The summed E-state index contributed by atoms with van der Waals surface area (Å²) in [4.78, 5) is 10.3. The van der Waals surface area contributed by atoms with Gasteiger partial charge >= 0.3 is 0 Å². The average Bonchev–Trinajstić information content (AvgIpc) is 1.87. The first-order valence-corrected chi connectivity index (χ1v) is 2.32. The number of allylic oxidation sites excluding steroid dienone is 2. The minimum Gasteiger partial charge on any atom is -0.317 e. The van der Waals surface area contributed by atoms with E-state index in [1.165, 1.54) is 5.57 Å². The predicted octanol–water partition coefficient (Wildman–Crippen LogP) is 1.10. The number of ketones is 1. The number of rotatable bonds is 0. The van der Waals surface area contributed by atoms with Crippen molar-refractivity contribution in [3.63, 3.8) is 0 Å². The van der Waals surface area contributed by atoms with E-state index in [4.69, 9.17) is 0 Å². The fourth-order valence-electron chi connectivity index (χ4n) is 0.628. The molecule has 10 heavy (non-hydrogen) atoms. The molecule has 0 atom stereocenters. The molecule has 1 aliphatic carbocycles. The molecule has 0 fully saturated rings. The van der Waals surface area contributed by atoms with Gasteiger partial charge in [0.05, 0.1) is 5.78 Å². The van der Waals surface area contributed by atoms with Crippen molar-refractivity contribution in [1.29, 1.82) is 0 Å². The first kappa shape index (κ1) is 18.4. The molecule has 1 nitrogen and oxygen atoms in total. The smallest absolute Gasteiger partial charge is 0.0637 e. The van der Waals surface area contributed by atoms with E-state index in [-0.39, 0.29) is 104 Å². The summed E-state index contributed by atoms with van der Waals surface area (Å²) in [6, 6.07) is 0. The second kappa shape index (κ2) is 9.68. The average molecular weight is 362 g/mol. The van der Waals surface area contributed by atoms with E-state index in [0.29, 0.717) is 6.42 Å². The van der Waals surface area contributed by atoms with Crippen molar-refractivity contribution >= 4 is 5.78 Å². The van der Waals surface area contributed by atoms with Crippen LogP contribution in [0.25, 0.3) is 0 Å². The van der Waals surface area contributed by atoms with Crippen LogP contribution in [-0.4, -0.2) is 5.78 Å². The van der Waals surface area contributed by atoms with E-state index >= 15 is 0 Å². The van der Waals surface area contributed by atoms with Crippen LogP contribution in [-0.2, 0) is 103 Å². The maximum absolute atomic E-state index is 10.3. The van der Waals surface area contributed by atoms with Gasteiger partial charge in [0.15, 0.2) is 0 Å². The first-order chi connectivity index (χ1) is 3.29. The Hall–Kier alpha value is 2.59. The molecule has 0 saturated carbocycles. The molecule has 0 unspecified atom stereocenters. The van der Waals surface area contributed by atoms with Crippen LogP contribution >= 0.6 is 0 Å². The minimum atomic E-state index is 0. The maximum atomic E-state index is 10.3. The van der Waals surface area contributed by atoms with Crippen LogP contribution in [0.1, 0.15) is 13.3 Å². The number of carbonyl (C=O) groups excluding carboxylic acids is 1. The molecule has 47 valence electrons. The van der Waals surface area contributed by atoms with Gasteiger partial charge in [-0.15, -0.1) is 6.92 Å². The van der Waals surface area contributed by atoms with Gasteiger partial charge in [-0.25, -0.2) is 11.6 Å². The van der Waals surface area contributed by atoms with Crippen LogP contribution in [0.4, 0.5) is 0 Å². The molecule has 0 aromatic rings. The van der Waals surface area contributed by atoms with E-state index in [9.17, 15) is 4.79 Å². The van der Waals surface area contributed by atoms with Crippen molar-refractivity contribution in [2.24, 2.45) is 0 Å². The fraction of sp³-hybridized carbons (Fsp3) is 0.333. The molecule has 0 aromatic heterocycles. The summed E-state index contributed by atoms with van der Waals surface area (Å²) in [6.07, 6.45) is 4.12. The Labute approximate surface area is 137 Å². The normalized spacial score (nSPS) is 13.3. The van der Waals surface area contributed by atoms with Gasteiger partial charge in [-0.3, -0.25) is 0 Å². The quantitative estimate of drug-likeness (QED) is 0.591. The zero-order valence-electron chi connectivity index (χ0n) is 6.00. The maximum Gasteiger partial charge on any atom is 0.0637 e. The van der Waals surface area contributed by atoms with Gasteiger partial charge in [-0.1, -0.05) is 6.42 Å². The fourth-order valence-corrected chi connectivity index (χ4v) is 0.628. The first-order valence-electron chi connectivity index (χ1n) is 2.32. The van der Waals surface area contributed by atoms with Crippen LogP contribution < -0.4 is 0 Å².